The summed E-state index contributed by atoms with van der Waals surface area (Å²) in [4.78, 5) is 4.04. The van der Waals surface area contributed by atoms with Crippen LogP contribution in [0.1, 0.15) is 11.5 Å². The topological polar surface area (TPSA) is 48.2 Å². The van der Waals surface area contributed by atoms with Crippen LogP contribution in [0.25, 0.3) is 0 Å². The van der Waals surface area contributed by atoms with Gasteiger partial charge in [-0.25, -0.2) is 4.98 Å². The molecule has 0 amide bonds. The molecule has 0 radical (unpaired) electrons. The van der Waals surface area contributed by atoms with Gasteiger partial charge in [-0.1, -0.05) is 5.16 Å². The van der Waals surface area contributed by atoms with Gasteiger partial charge in [-0.3, -0.25) is 0 Å². The molecule has 5 heteroatoms. The fraction of sp³-hybridized carbons (Fsp3) is 0.200. The number of aryl methyl sites for hydroxylation is 1. The lowest BCUT2D eigenvalue weighted by molar-refractivity contribution is 0.246. The van der Waals surface area contributed by atoms with Crippen LogP contribution < -0.4 is 4.74 Å². The molecular weight excluding hydrogens is 260 g/mol. The normalized spacial score (nSPS) is 10.3. The quantitative estimate of drug-likeness (QED) is 0.804. The Hall–Kier alpha value is -1.36. The van der Waals surface area contributed by atoms with E-state index in [4.69, 9.17) is 9.26 Å². The molecule has 0 atom stereocenters. The van der Waals surface area contributed by atoms with Gasteiger partial charge in [-0.2, -0.15) is 0 Å². The van der Waals surface area contributed by atoms with Gasteiger partial charge in [0.05, 0.1) is 5.69 Å². The van der Waals surface area contributed by atoms with Crippen molar-refractivity contribution in [2.24, 2.45) is 0 Å². The maximum atomic E-state index is 5.49. The largest absolute Gasteiger partial charge is 0.483 e. The number of hydrogen-bond donors (Lipinski definition) is 0. The molecule has 0 aliphatic rings. The lowest BCUT2D eigenvalue weighted by Gasteiger charge is -2.03. The van der Waals surface area contributed by atoms with Crippen LogP contribution in [0.2, 0.25) is 0 Å². The highest BCUT2D eigenvalue weighted by atomic mass is 79.9. The number of aromatic nitrogens is 2. The monoisotopic (exact) mass is 268 g/mol. The first-order valence-corrected chi connectivity index (χ1v) is 5.20. The smallest absolute Gasteiger partial charge is 0.174 e. The zero-order chi connectivity index (χ0) is 10.7. The molecule has 0 N–H and O–H groups in total. The van der Waals surface area contributed by atoms with Gasteiger partial charge in [-0.15, -0.1) is 0 Å². The molecular formula is C10H9BrN2O2. The van der Waals surface area contributed by atoms with Gasteiger partial charge in [0.25, 0.3) is 0 Å². The van der Waals surface area contributed by atoms with Crippen LogP contribution in [0, 0.1) is 6.92 Å². The first-order valence-electron chi connectivity index (χ1n) is 4.41. The van der Waals surface area contributed by atoms with Gasteiger partial charge in [0.1, 0.15) is 11.2 Å². The van der Waals surface area contributed by atoms with Gasteiger partial charge in [-0.05, 0) is 35.0 Å². The Morgan fingerprint density at radius 2 is 2.40 bits per heavy atom. The predicted molar refractivity (Wildman–Crippen MR) is 57.5 cm³/mol. The first-order chi connectivity index (χ1) is 7.25. The molecule has 0 spiro atoms. The molecule has 0 fully saturated rings. The van der Waals surface area contributed by atoms with E-state index in [1.165, 1.54) is 0 Å². The van der Waals surface area contributed by atoms with E-state index >= 15 is 0 Å². The van der Waals surface area contributed by atoms with E-state index in [1.54, 1.807) is 6.20 Å². The van der Waals surface area contributed by atoms with E-state index in [0.29, 0.717) is 22.7 Å². The fourth-order valence-corrected chi connectivity index (χ4v) is 1.48. The van der Waals surface area contributed by atoms with Crippen molar-refractivity contribution in [3.05, 3.63) is 40.5 Å². The Morgan fingerprint density at radius 3 is 3.07 bits per heavy atom. The summed E-state index contributed by atoms with van der Waals surface area (Å²) < 4.78 is 11.2. The summed E-state index contributed by atoms with van der Waals surface area (Å²) in [5.74, 6) is 1.38. The highest BCUT2D eigenvalue weighted by Crippen LogP contribution is 2.22. The van der Waals surface area contributed by atoms with E-state index in [-0.39, 0.29) is 0 Å². The van der Waals surface area contributed by atoms with Crippen LogP contribution in [0.4, 0.5) is 0 Å². The Balaban J connectivity index is 2.02. The minimum absolute atomic E-state index is 0.352. The Labute approximate surface area is 95.4 Å². The fourth-order valence-electron chi connectivity index (χ4n) is 1.11. The molecule has 0 bridgehead atoms. The van der Waals surface area contributed by atoms with E-state index in [0.717, 1.165) is 5.69 Å². The van der Waals surface area contributed by atoms with Crippen molar-refractivity contribution in [1.82, 2.24) is 10.1 Å². The molecule has 2 aromatic heterocycles. The molecule has 0 saturated heterocycles. The van der Waals surface area contributed by atoms with Crippen LogP contribution >= 0.6 is 15.9 Å². The first kappa shape index (κ1) is 10.2. The summed E-state index contributed by atoms with van der Waals surface area (Å²) >= 11 is 3.29. The van der Waals surface area contributed by atoms with E-state index in [2.05, 4.69) is 26.1 Å². The molecule has 15 heavy (non-hydrogen) atoms. The van der Waals surface area contributed by atoms with Gasteiger partial charge >= 0.3 is 0 Å². The zero-order valence-corrected chi connectivity index (χ0v) is 9.69. The Morgan fingerprint density at radius 1 is 1.53 bits per heavy atom. The summed E-state index contributed by atoms with van der Waals surface area (Å²) in [7, 11) is 0. The van der Waals surface area contributed by atoms with Crippen molar-refractivity contribution in [3.8, 4) is 5.75 Å². The predicted octanol–water partition coefficient (Wildman–Crippen LogP) is 2.72. The highest BCUT2D eigenvalue weighted by Gasteiger charge is 2.04. The van der Waals surface area contributed by atoms with Crippen molar-refractivity contribution < 1.29 is 9.26 Å². The van der Waals surface area contributed by atoms with Gasteiger partial charge in [0, 0.05) is 12.3 Å². The number of ether oxygens (including phenoxy) is 1. The van der Waals surface area contributed by atoms with E-state index in [9.17, 15) is 0 Å². The van der Waals surface area contributed by atoms with Crippen LogP contribution in [0.3, 0.4) is 0 Å². The average molecular weight is 269 g/mol. The number of nitrogens with zero attached hydrogens (tertiary/aromatic N) is 2. The molecule has 0 unspecified atom stereocenters. The number of rotatable bonds is 3. The average Bonchev–Trinajstić information content (AvgIpc) is 2.63. The highest BCUT2D eigenvalue weighted by molar-refractivity contribution is 9.10. The van der Waals surface area contributed by atoms with Crippen LogP contribution in [-0.2, 0) is 6.61 Å². The van der Waals surface area contributed by atoms with Crippen LogP contribution in [0.5, 0.6) is 5.75 Å². The lowest BCUT2D eigenvalue weighted by Crippen LogP contribution is -1.95. The van der Waals surface area contributed by atoms with Gasteiger partial charge in [0.2, 0.25) is 0 Å². The molecule has 78 valence electrons. The Bertz CT molecular complexity index is 456. The van der Waals surface area contributed by atoms with Crippen molar-refractivity contribution >= 4 is 15.9 Å². The second kappa shape index (κ2) is 4.44. The summed E-state index contributed by atoms with van der Waals surface area (Å²) in [6.07, 6.45) is 1.69. The molecule has 0 saturated carbocycles. The van der Waals surface area contributed by atoms with Crippen LogP contribution in [-0.4, -0.2) is 10.1 Å². The molecule has 2 aromatic rings. The molecule has 2 heterocycles. The Kier molecular flexibility index (Phi) is 3.01. The van der Waals surface area contributed by atoms with E-state index < -0.39 is 0 Å². The molecule has 2 rings (SSSR count). The van der Waals surface area contributed by atoms with E-state index in [1.807, 2.05) is 25.1 Å². The number of pyridine rings is 1. The molecule has 4 nitrogen and oxygen atoms in total. The van der Waals surface area contributed by atoms with Crippen molar-refractivity contribution in [2.45, 2.75) is 13.5 Å². The third-order valence-electron chi connectivity index (χ3n) is 1.77. The SMILES string of the molecule is Cc1cc(COc2cccnc2Br)on1. The third-order valence-corrected chi connectivity index (χ3v) is 2.37. The lowest BCUT2D eigenvalue weighted by atomic mass is 10.4. The summed E-state index contributed by atoms with van der Waals surface area (Å²) in [6.45, 7) is 2.22. The summed E-state index contributed by atoms with van der Waals surface area (Å²) in [5, 5.41) is 3.77. The molecule has 0 aromatic carbocycles. The van der Waals surface area contributed by atoms with Crippen molar-refractivity contribution in [3.63, 3.8) is 0 Å². The molecule has 0 aliphatic heterocycles. The third kappa shape index (κ3) is 2.56. The standard InChI is InChI=1S/C10H9BrN2O2/c1-7-5-8(15-13-7)6-14-9-3-2-4-12-10(9)11/h2-5H,6H2,1H3. The number of halogens is 1. The summed E-state index contributed by atoms with van der Waals surface area (Å²) in [6, 6.07) is 5.48. The minimum atomic E-state index is 0.352. The molecule has 0 aliphatic carbocycles. The van der Waals surface area contributed by atoms with Crippen molar-refractivity contribution in [2.75, 3.05) is 0 Å². The maximum Gasteiger partial charge on any atom is 0.174 e. The summed E-state index contributed by atoms with van der Waals surface area (Å²) in [5.41, 5.74) is 0.846. The maximum absolute atomic E-state index is 5.49. The minimum Gasteiger partial charge on any atom is -0.483 e. The van der Waals surface area contributed by atoms with Gasteiger partial charge in [0.15, 0.2) is 11.5 Å². The zero-order valence-electron chi connectivity index (χ0n) is 8.11. The second-order valence-electron chi connectivity index (χ2n) is 3.02. The van der Waals surface area contributed by atoms with Crippen LogP contribution in [0.15, 0.2) is 33.5 Å². The second-order valence-corrected chi connectivity index (χ2v) is 3.77. The number of hydrogen-bond acceptors (Lipinski definition) is 4. The van der Waals surface area contributed by atoms with Gasteiger partial charge < -0.3 is 9.26 Å². The van der Waals surface area contributed by atoms with Crippen molar-refractivity contribution in [1.29, 1.82) is 0 Å².